The monoisotopic (exact) mass is 347 g/mol. The predicted octanol–water partition coefficient (Wildman–Crippen LogP) is -0.662. The molecule has 1 amide bonds. The van der Waals surface area contributed by atoms with Crippen LogP contribution in [0.25, 0.3) is 0 Å². The van der Waals surface area contributed by atoms with E-state index < -0.39 is 0 Å². The molecule has 0 aliphatic carbocycles. The molecule has 9 nitrogen and oxygen atoms in total. The molecule has 3 rings (SSSR count). The van der Waals surface area contributed by atoms with Gasteiger partial charge in [-0.3, -0.25) is 23.6 Å². The summed E-state index contributed by atoms with van der Waals surface area (Å²) in [6, 6.07) is 3.11. The van der Waals surface area contributed by atoms with Gasteiger partial charge in [0.05, 0.1) is 5.69 Å². The van der Waals surface area contributed by atoms with Crippen molar-refractivity contribution in [2.24, 2.45) is 14.1 Å². The normalized spacial score (nSPS) is 15.6. The number of carbonyl (C=O) groups excluding carboxylic acids is 1. The lowest BCUT2D eigenvalue weighted by atomic mass is 10.2. The van der Waals surface area contributed by atoms with Crippen LogP contribution in [0.15, 0.2) is 26.2 Å². The molecule has 0 aromatic carbocycles. The summed E-state index contributed by atoms with van der Waals surface area (Å²) < 4.78 is 7.59. The van der Waals surface area contributed by atoms with E-state index in [1.165, 1.54) is 17.7 Å². The van der Waals surface area contributed by atoms with Gasteiger partial charge in [-0.2, -0.15) is 0 Å². The van der Waals surface area contributed by atoms with Gasteiger partial charge >= 0.3 is 5.69 Å². The third-order valence-corrected chi connectivity index (χ3v) is 4.51. The molecule has 0 radical (unpaired) electrons. The SMILES string of the molecule is Cc1cc(C(=O)N2CCN(Cc3cc(=O)n(C)c(=O)n3C)CC2)on1. The fraction of sp³-hybridized carbons (Fsp3) is 0.500. The largest absolute Gasteiger partial charge is 0.351 e. The second-order valence-electron chi connectivity index (χ2n) is 6.28. The lowest BCUT2D eigenvalue weighted by Gasteiger charge is -2.34. The molecule has 3 heterocycles. The quantitative estimate of drug-likeness (QED) is 0.732. The van der Waals surface area contributed by atoms with Crippen molar-refractivity contribution in [3.63, 3.8) is 0 Å². The number of carbonyl (C=O) groups is 1. The van der Waals surface area contributed by atoms with E-state index in [9.17, 15) is 14.4 Å². The highest BCUT2D eigenvalue weighted by molar-refractivity contribution is 5.91. The Morgan fingerprint density at radius 2 is 1.80 bits per heavy atom. The molecule has 0 bridgehead atoms. The van der Waals surface area contributed by atoms with Crippen molar-refractivity contribution in [1.29, 1.82) is 0 Å². The molecule has 1 aliphatic heterocycles. The van der Waals surface area contributed by atoms with E-state index >= 15 is 0 Å². The lowest BCUT2D eigenvalue weighted by Crippen LogP contribution is -2.49. The van der Waals surface area contributed by atoms with Crippen molar-refractivity contribution < 1.29 is 9.32 Å². The maximum atomic E-state index is 12.3. The van der Waals surface area contributed by atoms with Crippen LogP contribution >= 0.6 is 0 Å². The number of aromatic nitrogens is 3. The highest BCUT2D eigenvalue weighted by Crippen LogP contribution is 2.11. The first-order valence-electron chi connectivity index (χ1n) is 8.07. The first-order chi connectivity index (χ1) is 11.9. The summed E-state index contributed by atoms with van der Waals surface area (Å²) in [7, 11) is 3.12. The van der Waals surface area contributed by atoms with Crippen LogP contribution in [-0.2, 0) is 20.6 Å². The fourth-order valence-electron chi connectivity index (χ4n) is 2.89. The number of hydrogen-bond donors (Lipinski definition) is 0. The van der Waals surface area contributed by atoms with Gasteiger partial charge in [0.1, 0.15) is 0 Å². The van der Waals surface area contributed by atoms with Gasteiger partial charge in [-0.05, 0) is 6.92 Å². The molecular formula is C16H21N5O4. The van der Waals surface area contributed by atoms with E-state index in [0.29, 0.717) is 44.1 Å². The fourth-order valence-corrected chi connectivity index (χ4v) is 2.89. The number of aryl methyl sites for hydroxylation is 1. The molecule has 0 saturated carbocycles. The van der Waals surface area contributed by atoms with Crippen molar-refractivity contribution >= 4 is 5.91 Å². The summed E-state index contributed by atoms with van der Waals surface area (Å²) in [5, 5.41) is 3.74. The molecular weight excluding hydrogens is 326 g/mol. The molecule has 2 aromatic rings. The highest BCUT2D eigenvalue weighted by Gasteiger charge is 2.25. The van der Waals surface area contributed by atoms with Gasteiger partial charge < -0.3 is 9.42 Å². The number of amides is 1. The summed E-state index contributed by atoms with van der Waals surface area (Å²) in [5.74, 6) is 0.0844. The van der Waals surface area contributed by atoms with Gasteiger partial charge in [0, 0.05) is 64.6 Å². The van der Waals surface area contributed by atoms with Crippen LogP contribution in [0.4, 0.5) is 0 Å². The number of hydrogen-bond acceptors (Lipinski definition) is 6. The molecule has 1 saturated heterocycles. The summed E-state index contributed by atoms with van der Waals surface area (Å²) >= 11 is 0. The smallest absolute Gasteiger partial charge is 0.330 e. The van der Waals surface area contributed by atoms with E-state index in [2.05, 4.69) is 10.1 Å². The van der Waals surface area contributed by atoms with Crippen LogP contribution in [0, 0.1) is 6.92 Å². The molecule has 0 unspecified atom stereocenters. The molecule has 1 aliphatic rings. The first kappa shape index (κ1) is 17.2. The molecule has 0 atom stereocenters. The predicted molar refractivity (Wildman–Crippen MR) is 89.3 cm³/mol. The van der Waals surface area contributed by atoms with E-state index in [0.717, 1.165) is 4.57 Å². The number of rotatable bonds is 3. The van der Waals surface area contributed by atoms with Crippen LogP contribution in [0.2, 0.25) is 0 Å². The molecule has 134 valence electrons. The van der Waals surface area contributed by atoms with Crippen molar-refractivity contribution in [3.05, 3.63) is 50.1 Å². The average molecular weight is 347 g/mol. The maximum absolute atomic E-state index is 12.3. The van der Waals surface area contributed by atoms with Gasteiger partial charge in [-0.1, -0.05) is 5.16 Å². The molecule has 9 heteroatoms. The minimum atomic E-state index is -0.336. The summed E-state index contributed by atoms with van der Waals surface area (Å²) in [6.45, 7) is 4.68. The number of nitrogens with zero attached hydrogens (tertiary/aromatic N) is 5. The number of piperazine rings is 1. The van der Waals surface area contributed by atoms with E-state index in [1.807, 2.05) is 0 Å². The minimum absolute atomic E-state index is 0.166. The zero-order chi connectivity index (χ0) is 18.1. The Kier molecular flexibility index (Phi) is 4.58. The van der Waals surface area contributed by atoms with Gasteiger partial charge in [0.15, 0.2) is 0 Å². The van der Waals surface area contributed by atoms with Crippen LogP contribution in [-0.4, -0.2) is 56.2 Å². The van der Waals surface area contributed by atoms with Crippen molar-refractivity contribution in [2.75, 3.05) is 26.2 Å². The zero-order valence-electron chi connectivity index (χ0n) is 14.6. The summed E-state index contributed by atoms with van der Waals surface area (Å²) in [6.07, 6.45) is 0. The Morgan fingerprint density at radius 1 is 1.12 bits per heavy atom. The van der Waals surface area contributed by atoms with Crippen LogP contribution in [0.3, 0.4) is 0 Å². The molecule has 1 fully saturated rings. The minimum Gasteiger partial charge on any atom is -0.351 e. The maximum Gasteiger partial charge on any atom is 0.330 e. The first-order valence-corrected chi connectivity index (χ1v) is 8.07. The molecule has 0 N–H and O–H groups in total. The Morgan fingerprint density at radius 3 is 2.40 bits per heavy atom. The van der Waals surface area contributed by atoms with Crippen molar-refractivity contribution in [3.8, 4) is 0 Å². The van der Waals surface area contributed by atoms with Gasteiger partial charge in [0.2, 0.25) is 5.76 Å². The average Bonchev–Trinajstić information content (AvgIpc) is 3.04. The topological polar surface area (TPSA) is 93.6 Å². The second-order valence-corrected chi connectivity index (χ2v) is 6.28. The Labute approximate surface area is 144 Å². The molecule has 25 heavy (non-hydrogen) atoms. The van der Waals surface area contributed by atoms with Crippen LogP contribution in [0.5, 0.6) is 0 Å². The van der Waals surface area contributed by atoms with Crippen LogP contribution < -0.4 is 11.2 Å². The lowest BCUT2D eigenvalue weighted by molar-refractivity contribution is 0.0585. The van der Waals surface area contributed by atoms with Crippen molar-refractivity contribution in [2.45, 2.75) is 13.5 Å². The Balaban J connectivity index is 1.65. The molecule has 2 aromatic heterocycles. The van der Waals surface area contributed by atoms with Crippen LogP contribution in [0.1, 0.15) is 21.9 Å². The standard InChI is InChI=1S/C16H21N5O4/c1-11-8-13(25-17-11)15(23)21-6-4-20(5-7-21)10-12-9-14(22)19(3)16(24)18(12)2/h8-9H,4-7,10H2,1-3H3. The summed E-state index contributed by atoms with van der Waals surface area (Å²) in [5.41, 5.74) is 0.692. The van der Waals surface area contributed by atoms with E-state index in [-0.39, 0.29) is 22.9 Å². The van der Waals surface area contributed by atoms with Gasteiger partial charge in [-0.25, -0.2) is 4.79 Å². The van der Waals surface area contributed by atoms with Gasteiger partial charge in [-0.15, -0.1) is 0 Å². The molecule has 0 spiro atoms. The zero-order valence-corrected chi connectivity index (χ0v) is 14.6. The Hall–Kier alpha value is -2.68. The second kappa shape index (κ2) is 6.67. The third kappa shape index (κ3) is 3.41. The Bertz CT molecular complexity index is 902. The van der Waals surface area contributed by atoms with E-state index in [1.54, 1.807) is 24.9 Å². The van der Waals surface area contributed by atoms with Gasteiger partial charge in [0.25, 0.3) is 11.5 Å². The third-order valence-electron chi connectivity index (χ3n) is 4.51. The highest BCUT2D eigenvalue weighted by atomic mass is 16.5. The van der Waals surface area contributed by atoms with Crippen molar-refractivity contribution in [1.82, 2.24) is 24.1 Å². The summed E-state index contributed by atoms with van der Waals surface area (Å²) in [4.78, 5) is 40.0. The van der Waals surface area contributed by atoms with E-state index in [4.69, 9.17) is 4.52 Å².